The smallest absolute Gasteiger partial charge is 0.341 e. The lowest BCUT2D eigenvalue weighted by Crippen LogP contribution is -2.01. The van der Waals surface area contributed by atoms with E-state index in [9.17, 15) is 9.90 Å². The SMILES string of the molecule is COC(=O)c1ccc(C=C(c2nccs2)n2ccnc2)cc1O. The Bertz CT molecular complexity index is 803. The van der Waals surface area contributed by atoms with E-state index in [0.29, 0.717) is 0 Å². The van der Waals surface area contributed by atoms with E-state index < -0.39 is 5.97 Å². The molecule has 6 nitrogen and oxygen atoms in total. The summed E-state index contributed by atoms with van der Waals surface area (Å²) in [6.07, 6.45) is 8.76. The van der Waals surface area contributed by atoms with Gasteiger partial charge in [-0.1, -0.05) is 6.07 Å². The summed E-state index contributed by atoms with van der Waals surface area (Å²) in [6.45, 7) is 0. The van der Waals surface area contributed by atoms with Crippen molar-refractivity contribution < 1.29 is 14.6 Å². The fourth-order valence-electron chi connectivity index (χ4n) is 2.08. The van der Waals surface area contributed by atoms with Crippen LogP contribution in [0, 0.1) is 0 Å². The van der Waals surface area contributed by atoms with Crippen molar-refractivity contribution in [3.05, 3.63) is 64.6 Å². The number of rotatable bonds is 4. The highest BCUT2D eigenvalue weighted by Crippen LogP contribution is 2.25. The van der Waals surface area contributed by atoms with Gasteiger partial charge in [-0.15, -0.1) is 11.3 Å². The van der Waals surface area contributed by atoms with Crippen molar-refractivity contribution in [1.82, 2.24) is 14.5 Å². The second-order valence-electron chi connectivity index (χ2n) is 4.60. The molecular formula is C16H13N3O3S. The van der Waals surface area contributed by atoms with Crippen molar-refractivity contribution in [1.29, 1.82) is 0 Å². The molecule has 0 saturated heterocycles. The molecule has 7 heteroatoms. The number of carbonyl (C=O) groups is 1. The van der Waals surface area contributed by atoms with Gasteiger partial charge in [0.05, 0.1) is 19.1 Å². The van der Waals surface area contributed by atoms with Crippen LogP contribution >= 0.6 is 11.3 Å². The van der Waals surface area contributed by atoms with Gasteiger partial charge in [-0.05, 0) is 23.8 Å². The predicted octanol–water partition coefficient (Wildman–Crippen LogP) is 2.88. The summed E-state index contributed by atoms with van der Waals surface area (Å²) in [4.78, 5) is 19.9. The molecule has 1 aromatic carbocycles. The van der Waals surface area contributed by atoms with Gasteiger partial charge in [-0.3, -0.25) is 0 Å². The Hall–Kier alpha value is -2.93. The summed E-state index contributed by atoms with van der Waals surface area (Å²) in [5, 5.41) is 12.7. The van der Waals surface area contributed by atoms with Gasteiger partial charge in [0, 0.05) is 24.0 Å². The van der Waals surface area contributed by atoms with Crippen LogP contribution in [0.3, 0.4) is 0 Å². The van der Waals surface area contributed by atoms with Crippen molar-refractivity contribution >= 4 is 29.1 Å². The van der Waals surface area contributed by atoms with E-state index in [0.717, 1.165) is 16.3 Å². The molecule has 0 radical (unpaired) electrons. The third-order valence-corrected chi connectivity index (χ3v) is 3.96. The number of thiazole rings is 1. The van der Waals surface area contributed by atoms with Gasteiger partial charge in [0.25, 0.3) is 0 Å². The molecule has 0 aliphatic heterocycles. The number of aromatic hydroxyl groups is 1. The zero-order valence-corrected chi connectivity index (χ0v) is 13.0. The quantitative estimate of drug-likeness (QED) is 0.746. The maximum absolute atomic E-state index is 11.5. The average Bonchev–Trinajstić information content (AvgIpc) is 3.25. The fraction of sp³-hybridized carbons (Fsp3) is 0.0625. The fourth-order valence-corrected chi connectivity index (χ4v) is 2.73. The van der Waals surface area contributed by atoms with Crippen molar-refractivity contribution in [2.24, 2.45) is 0 Å². The molecule has 3 aromatic rings. The first-order valence-electron chi connectivity index (χ1n) is 6.70. The first-order chi connectivity index (χ1) is 11.2. The maximum Gasteiger partial charge on any atom is 0.341 e. The lowest BCUT2D eigenvalue weighted by molar-refractivity contribution is 0.0597. The third kappa shape index (κ3) is 3.14. The summed E-state index contributed by atoms with van der Waals surface area (Å²) in [7, 11) is 1.27. The van der Waals surface area contributed by atoms with Crippen LogP contribution in [-0.2, 0) is 4.74 Å². The van der Waals surface area contributed by atoms with Gasteiger partial charge in [0.1, 0.15) is 16.3 Å². The number of nitrogens with zero attached hydrogens (tertiary/aromatic N) is 3. The van der Waals surface area contributed by atoms with Gasteiger partial charge < -0.3 is 14.4 Å². The molecule has 0 atom stereocenters. The first kappa shape index (κ1) is 15.0. The predicted molar refractivity (Wildman–Crippen MR) is 87.1 cm³/mol. The lowest BCUT2D eigenvalue weighted by atomic mass is 10.1. The monoisotopic (exact) mass is 327 g/mol. The zero-order chi connectivity index (χ0) is 16.2. The van der Waals surface area contributed by atoms with E-state index in [1.54, 1.807) is 24.8 Å². The standard InChI is InChI=1S/C16H13N3O3S/c1-22-16(21)12-3-2-11(9-14(12)20)8-13(15-18-5-7-23-15)19-6-4-17-10-19/h2-10,20H,1H3. The van der Waals surface area contributed by atoms with Crippen molar-refractivity contribution in [2.75, 3.05) is 7.11 Å². The Morgan fingerprint density at radius 2 is 2.26 bits per heavy atom. The minimum Gasteiger partial charge on any atom is -0.507 e. The van der Waals surface area contributed by atoms with E-state index in [4.69, 9.17) is 0 Å². The molecular weight excluding hydrogens is 314 g/mol. The minimum atomic E-state index is -0.576. The van der Waals surface area contributed by atoms with Crippen molar-refractivity contribution in [3.8, 4) is 5.75 Å². The second-order valence-corrected chi connectivity index (χ2v) is 5.50. The number of phenolic OH excluding ortho intramolecular Hbond substituents is 1. The van der Waals surface area contributed by atoms with Crippen LogP contribution in [-0.4, -0.2) is 32.7 Å². The van der Waals surface area contributed by atoms with Crippen LogP contribution in [0.4, 0.5) is 0 Å². The molecule has 3 rings (SSSR count). The largest absolute Gasteiger partial charge is 0.507 e. The second kappa shape index (κ2) is 6.45. The molecule has 116 valence electrons. The van der Waals surface area contributed by atoms with Gasteiger partial charge in [0.2, 0.25) is 0 Å². The Morgan fingerprint density at radius 3 is 2.87 bits per heavy atom. The number of hydrogen-bond acceptors (Lipinski definition) is 6. The molecule has 0 fully saturated rings. The number of aromatic nitrogens is 3. The van der Waals surface area contributed by atoms with Crippen molar-refractivity contribution in [2.45, 2.75) is 0 Å². The zero-order valence-electron chi connectivity index (χ0n) is 12.2. The van der Waals surface area contributed by atoms with E-state index in [1.165, 1.54) is 30.6 Å². The number of ether oxygens (including phenoxy) is 1. The van der Waals surface area contributed by atoms with E-state index >= 15 is 0 Å². The molecule has 0 aliphatic rings. The van der Waals surface area contributed by atoms with Crippen LogP contribution in [0.1, 0.15) is 20.9 Å². The number of phenols is 1. The average molecular weight is 327 g/mol. The molecule has 0 unspecified atom stereocenters. The summed E-state index contributed by atoms with van der Waals surface area (Å²) >= 11 is 1.50. The molecule has 0 bridgehead atoms. The van der Waals surface area contributed by atoms with E-state index in [2.05, 4.69) is 14.7 Å². The highest BCUT2D eigenvalue weighted by atomic mass is 32.1. The van der Waals surface area contributed by atoms with Crippen LogP contribution < -0.4 is 0 Å². The van der Waals surface area contributed by atoms with Gasteiger partial charge in [-0.25, -0.2) is 14.8 Å². The summed E-state index contributed by atoms with van der Waals surface area (Å²) < 4.78 is 6.46. The molecule has 1 N–H and O–H groups in total. The van der Waals surface area contributed by atoms with Crippen LogP contribution in [0.5, 0.6) is 5.75 Å². The molecule has 0 spiro atoms. The molecule has 2 heterocycles. The molecule has 0 amide bonds. The molecule has 23 heavy (non-hydrogen) atoms. The summed E-state index contributed by atoms with van der Waals surface area (Å²) in [5.74, 6) is -0.706. The lowest BCUT2D eigenvalue weighted by Gasteiger charge is -2.07. The van der Waals surface area contributed by atoms with E-state index in [-0.39, 0.29) is 11.3 Å². The molecule has 0 aliphatic carbocycles. The van der Waals surface area contributed by atoms with E-state index in [1.807, 2.05) is 22.2 Å². The number of esters is 1. The highest BCUT2D eigenvalue weighted by molar-refractivity contribution is 7.10. The Kier molecular flexibility index (Phi) is 4.20. The normalized spacial score (nSPS) is 11.4. The van der Waals surface area contributed by atoms with Crippen LogP contribution in [0.2, 0.25) is 0 Å². The number of imidazole rings is 1. The Labute approximate surface area is 136 Å². The molecule has 2 aromatic heterocycles. The van der Waals surface area contributed by atoms with Crippen molar-refractivity contribution in [3.63, 3.8) is 0 Å². The molecule has 0 saturated carbocycles. The number of methoxy groups -OCH3 is 1. The van der Waals surface area contributed by atoms with Crippen LogP contribution in [0.25, 0.3) is 11.8 Å². The Balaban J connectivity index is 2.04. The number of hydrogen-bond donors (Lipinski definition) is 1. The number of carbonyl (C=O) groups excluding carboxylic acids is 1. The topological polar surface area (TPSA) is 77.2 Å². The highest BCUT2D eigenvalue weighted by Gasteiger charge is 2.12. The summed E-state index contributed by atoms with van der Waals surface area (Å²) in [5.41, 5.74) is 1.68. The van der Waals surface area contributed by atoms with Gasteiger partial charge in [0.15, 0.2) is 0 Å². The number of benzene rings is 1. The van der Waals surface area contributed by atoms with Gasteiger partial charge >= 0.3 is 5.97 Å². The third-order valence-electron chi connectivity index (χ3n) is 3.16. The first-order valence-corrected chi connectivity index (χ1v) is 7.58. The Morgan fingerprint density at radius 1 is 1.39 bits per heavy atom. The van der Waals surface area contributed by atoms with Gasteiger partial charge in [-0.2, -0.15) is 0 Å². The van der Waals surface area contributed by atoms with Crippen LogP contribution in [0.15, 0.2) is 48.5 Å². The maximum atomic E-state index is 11.5. The summed E-state index contributed by atoms with van der Waals surface area (Å²) in [6, 6.07) is 4.77. The minimum absolute atomic E-state index is 0.128.